The van der Waals surface area contributed by atoms with Gasteiger partial charge in [-0.15, -0.1) is 0 Å². The highest BCUT2D eigenvalue weighted by Gasteiger charge is 2.42. The summed E-state index contributed by atoms with van der Waals surface area (Å²) in [5.41, 5.74) is 0.845. The Balaban J connectivity index is 1.25. The zero-order valence-electron chi connectivity index (χ0n) is 16.0. The second kappa shape index (κ2) is 8.31. The van der Waals surface area contributed by atoms with Crippen LogP contribution in [0, 0.1) is 0 Å². The Bertz CT molecular complexity index is 786. The molecule has 2 aromatic carbocycles. The zero-order chi connectivity index (χ0) is 19.4. The Morgan fingerprint density at radius 2 is 1.86 bits per heavy atom. The van der Waals surface area contributed by atoms with E-state index in [0.29, 0.717) is 31.3 Å². The molecule has 3 atom stereocenters. The maximum Gasteiger partial charge on any atom is 0.410 e. The molecule has 4 rings (SSSR count). The van der Waals surface area contributed by atoms with Gasteiger partial charge in [-0.3, -0.25) is 0 Å². The van der Waals surface area contributed by atoms with Crippen molar-refractivity contribution in [3.05, 3.63) is 71.8 Å². The quantitative estimate of drug-likeness (QED) is 0.811. The number of rotatable bonds is 6. The molecular formula is C23H27FN2O2. The molecule has 5 heteroatoms. The predicted octanol–water partition coefficient (Wildman–Crippen LogP) is 4.27. The van der Waals surface area contributed by atoms with E-state index in [-0.39, 0.29) is 19.7 Å². The van der Waals surface area contributed by atoms with Crippen LogP contribution < -0.4 is 5.32 Å². The molecule has 0 spiro atoms. The highest BCUT2D eigenvalue weighted by atomic mass is 19.1. The summed E-state index contributed by atoms with van der Waals surface area (Å²) in [5.74, 6) is 0.473. The third kappa shape index (κ3) is 4.71. The number of likely N-dealkylation sites (tertiary alicyclic amines) is 1. The lowest BCUT2D eigenvalue weighted by Gasteiger charge is -2.37. The van der Waals surface area contributed by atoms with Gasteiger partial charge in [0.1, 0.15) is 12.3 Å². The molecule has 1 saturated carbocycles. The number of nitrogens with zero attached hydrogens (tertiary/aromatic N) is 1. The summed E-state index contributed by atoms with van der Waals surface area (Å²) in [6, 6.07) is 20.2. The fourth-order valence-corrected chi connectivity index (χ4v) is 4.00. The second-order valence-corrected chi connectivity index (χ2v) is 7.96. The number of carbonyl (C=O) groups is 1. The Hall–Kier alpha value is -2.40. The van der Waals surface area contributed by atoms with Gasteiger partial charge in [0, 0.05) is 25.0 Å². The normalized spacial score (nSPS) is 26.7. The van der Waals surface area contributed by atoms with Gasteiger partial charge in [-0.2, -0.15) is 0 Å². The first-order valence-corrected chi connectivity index (χ1v) is 10.1. The highest BCUT2D eigenvalue weighted by molar-refractivity contribution is 5.68. The van der Waals surface area contributed by atoms with E-state index in [1.54, 1.807) is 0 Å². The Morgan fingerprint density at radius 1 is 1.14 bits per heavy atom. The van der Waals surface area contributed by atoms with Gasteiger partial charge in [0.05, 0.1) is 6.54 Å². The van der Waals surface area contributed by atoms with Crippen molar-refractivity contribution in [3.63, 3.8) is 0 Å². The Kier molecular flexibility index (Phi) is 5.62. The molecule has 4 nitrogen and oxygen atoms in total. The number of alkyl halides is 1. The molecule has 1 heterocycles. The summed E-state index contributed by atoms with van der Waals surface area (Å²) in [4.78, 5) is 13.9. The monoisotopic (exact) mass is 382 g/mol. The van der Waals surface area contributed by atoms with E-state index in [0.717, 1.165) is 12.0 Å². The van der Waals surface area contributed by atoms with Crippen molar-refractivity contribution < 1.29 is 13.9 Å². The molecule has 0 radical (unpaired) electrons. The molecule has 148 valence electrons. The minimum atomic E-state index is -1.39. The van der Waals surface area contributed by atoms with Gasteiger partial charge in [-0.1, -0.05) is 60.7 Å². The first-order chi connectivity index (χ1) is 13.6. The van der Waals surface area contributed by atoms with E-state index in [2.05, 4.69) is 17.4 Å². The Morgan fingerprint density at radius 3 is 2.61 bits per heavy atom. The first kappa shape index (κ1) is 18.9. The minimum absolute atomic E-state index is 0.0936. The van der Waals surface area contributed by atoms with Crippen LogP contribution in [0.4, 0.5) is 9.18 Å². The maximum atomic E-state index is 15.4. The number of ether oxygens (including phenoxy) is 1. The lowest BCUT2D eigenvalue weighted by Crippen LogP contribution is -2.52. The van der Waals surface area contributed by atoms with E-state index in [1.807, 2.05) is 48.5 Å². The SMILES string of the molecule is O=C(OCc1ccccc1)N1CCCC(F)(CN[C@@H]2C[C@H]2c2ccccc2)C1. The van der Waals surface area contributed by atoms with Gasteiger partial charge in [0.15, 0.2) is 0 Å². The molecule has 0 aromatic heterocycles. The van der Waals surface area contributed by atoms with Crippen LogP contribution in [0.1, 0.15) is 36.3 Å². The number of halogens is 1. The molecule has 28 heavy (non-hydrogen) atoms. The van der Waals surface area contributed by atoms with E-state index in [1.165, 1.54) is 10.5 Å². The molecule has 1 unspecified atom stereocenters. The molecule has 2 aromatic rings. The standard InChI is InChI=1S/C23H27FN2O2/c24-23(16-25-21-14-20(21)19-10-5-2-6-11-19)12-7-13-26(17-23)22(27)28-15-18-8-3-1-4-9-18/h1-6,8-11,20-21,25H,7,12-17H2/t20-,21+,23?/m0/s1. The summed E-state index contributed by atoms with van der Waals surface area (Å²) < 4.78 is 20.7. The number of amides is 1. The number of hydrogen-bond acceptors (Lipinski definition) is 3. The van der Waals surface area contributed by atoms with Crippen LogP contribution in [0.15, 0.2) is 60.7 Å². The fourth-order valence-electron chi connectivity index (χ4n) is 4.00. The van der Waals surface area contributed by atoms with Crippen molar-refractivity contribution in [3.8, 4) is 0 Å². The van der Waals surface area contributed by atoms with Crippen LogP contribution in [0.2, 0.25) is 0 Å². The molecule has 2 aliphatic rings. The average Bonchev–Trinajstić information content (AvgIpc) is 3.52. The molecule has 1 N–H and O–H groups in total. The van der Waals surface area contributed by atoms with Crippen molar-refractivity contribution in [1.82, 2.24) is 10.2 Å². The van der Waals surface area contributed by atoms with E-state index >= 15 is 4.39 Å². The minimum Gasteiger partial charge on any atom is -0.445 e. The third-order valence-corrected chi connectivity index (χ3v) is 5.69. The van der Waals surface area contributed by atoms with Gasteiger partial charge >= 0.3 is 6.09 Å². The van der Waals surface area contributed by atoms with Gasteiger partial charge in [0.2, 0.25) is 0 Å². The van der Waals surface area contributed by atoms with E-state index < -0.39 is 11.8 Å². The summed E-state index contributed by atoms with van der Waals surface area (Å²) >= 11 is 0. The smallest absolute Gasteiger partial charge is 0.410 e. The molecule has 0 bridgehead atoms. The van der Waals surface area contributed by atoms with Crippen molar-refractivity contribution in [1.29, 1.82) is 0 Å². The number of carbonyl (C=O) groups excluding carboxylic acids is 1. The van der Waals surface area contributed by atoms with Crippen molar-refractivity contribution >= 4 is 6.09 Å². The summed E-state index contributed by atoms with van der Waals surface area (Å²) in [5, 5.41) is 3.38. The molecule has 2 fully saturated rings. The van der Waals surface area contributed by atoms with Gasteiger partial charge in [0.25, 0.3) is 0 Å². The topological polar surface area (TPSA) is 41.6 Å². The van der Waals surface area contributed by atoms with E-state index in [4.69, 9.17) is 4.74 Å². The lowest BCUT2D eigenvalue weighted by molar-refractivity contribution is 0.0292. The largest absolute Gasteiger partial charge is 0.445 e. The van der Waals surface area contributed by atoms with E-state index in [9.17, 15) is 4.79 Å². The van der Waals surface area contributed by atoms with Crippen LogP contribution in [0.5, 0.6) is 0 Å². The summed E-state index contributed by atoms with van der Waals surface area (Å²) in [6.07, 6.45) is 1.75. The van der Waals surface area contributed by atoms with Crippen LogP contribution in [0.3, 0.4) is 0 Å². The predicted molar refractivity (Wildman–Crippen MR) is 107 cm³/mol. The molecule has 1 saturated heterocycles. The second-order valence-electron chi connectivity index (χ2n) is 7.96. The molecule has 1 aliphatic carbocycles. The highest BCUT2D eigenvalue weighted by Crippen LogP contribution is 2.41. The third-order valence-electron chi connectivity index (χ3n) is 5.69. The van der Waals surface area contributed by atoms with Gasteiger partial charge in [-0.05, 0) is 30.4 Å². The van der Waals surface area contributed by atoms with Crippen LogP contribution in [-0.4, -0.2) is 42.3 Å². The van der Waals surface area contributed by atoms with Gasteiger partial charge in [-0.25, -0.2) is 9.18 Å². The van der Waals surface area contributed by atoms with Crippen LogP contribution in [0.25, 0.3) is 0 Å². The number of nitrogens with one attached hydrogen (secondary N) is 1. The van der Waals surface area contributed by atoms with Crippen molar-refractivity contribution in [2.75, 3.05) is 19.6 Å². The summed E-state index contributed by atoms with van der Waals surface area (Å²) in [7, 11) is 0. The van der Waals surface area contributed by atoms with Crippen LogP contribution >= 0.6 is 0 Å². The summed E-state index contributed by atoms with van der Waals surface area (Å²) in [6.45, 7) is 1.14. The average molecular weight is 382 g/mol. The lowest BCUT2D eigenvalue weighted by atomic mass is 9.95. The van der Waals surface area contributed by atoms with Crippen LogP contribution in [-0.2, 0) is 11.3 Å². The number of piperidine rings is 1. The van der Waals surface area contributed by atoms with Gasteiger partial charge < -0.3 is 15.0 Å². The molecule has 1 amide bonds. The molecule has 1 aliphatic heterocycles. The molecular weight excluding hydrogens is 355 g/mol. The zero-order valence-corrected chi connectivity index (χ0v) is 16.0. The Labute approximate surface area is 165 Å². The fraction of sp³-hybridized carbons (Fsp3) is 0.435. The van der Waals surface area contributed by atoms with Crippen molar-refractivity contribution in [2.24, 2.45) is 0 Å². The number of hydrogen-bond donors (Lipinski definition) is 1. The van der Waals surface area contributed by atoms with Crippen molar-refractivity contribution in [2.45, 2.75) is 43.5 Å². The first-order valence-electron chi connectivity index (χ1n) is 10.1. The number of benzene rings is 2. The maximum absolute atomic E-state index is 15.4.